The van der Waals surface area contributed by atoms with Gasteiger partial charge in [-0.3, -0.25) is 9.59 Å². The molecule has 2 aliphatic rings. The Morgan fingerprint density at radius 3 is 2.68 bits per heavy atom. The van der Waals surface area contributed by atoms with Gasteiger partial charge in [-0.1, -0.05) is 36.4 Å². The number of likely N-dealkylation sites (tertiary alicyclic amines) is 1. The van der Waals surface area contributed by atoms with Crippen LogP contribution in [-0.2, 0) is 11.2 Å². The minimum absolute atomic E-state index is 0.0156. The number of ether oxygens (including phenoxy) is 1. The number of benzene rings is 2. The van der Waals surface area contributed by atoms with Crippen molar-refractivity contribution in [3.8, 4) is 11.3 Å². The second kappa shape index (κ2) is 11.6. The minimum Gasteiger partial charge on any atom is -0.444 e. The van der Waals surface area contributed by atoms with E-state index in [9.17, 15) is 14.4 Å². The van der Waals surface area contributed by atoms with E-state index in [-0.39, 0.29) is 35.5 Å². The molecule has 1 fully saturated rings. The summed E-state index contributed by atoms with van der Waals surface area (Å²) in [7, 11) is 0. The average molecular weight is 557 g/mol. The Bertz CT molecular complexity index is 1470. The predicted octanol–water partition coefficient (Wildman–Crippen LogP) is 4.13. The first-order chi connectivity index (χ1) is 19.6. The lowest BCUT2D eigenvalue weighted by atomic mass is 10.1. The first-order valence-electron chi connectivity index (χ1n) is 13.9. The van der Waals surface area contributed by atoms with Crippen LogP contribution in [0.25, 0.3) is 11.3 Å². The first-order valence-corrected chi connectivity index (χ1v) is 13.9. The summed E-state index contributed by atoms with van der Waals surface area (Å²) in [6, 6.07) is 15.2. The maximum Gasteiger partial charge on any atom is 0.410 e. The van der Waals surface area contributed by atoms with Crippen LogP contribution in [0.5, 0.6) is 0 Å². The molecule has 41 heavy (non-hydrogen) atoms. The topological polar surface area (TPSA) is 140 Å². The standard InChI is InChI=1S/C31H36N6O4/c1-31(2,3)41-30(40)37-14-13-19(18-37)16-34-29(39)26-27(32)33-17-25(35-26)21-8-6-9-22(15-21)28(38)36-24-12-11-20-7-4-5-10-23(20)24/h4-10,15,17,19,24H,11-14,16,18H2,1-3H3,(H2,32,33)(H,34,39)(H,36,38)/t19-,24-/m0/s1. The Balaban J connectivity index is 1.22. The highest BCUT2D eigenvalue weighted by Gasteiger charge is 2.30. The Labute approximate surface area is 239 Å². The molecule has 0 spiro atoms. The Morgan fingerprint density at radius 1 is 1.07 bits per heavy atom. The van der Waals surface area contributed by atoms with E-state index < -0.39 is 11.5 Å². The molecule has 0 unspecified atom stereocenters. The van der Waals surface area contributed by atoms with E-state index in [1.807, 2.05) is 39.0 Å². The number of aryl methyl sites for hydroxylation is 1. The lowest BCUT2D eigenvalue weighted by molar-refractivity contribution is 0.0288. The minimum atomic E-state index is -0.559. The molecule has 10 heteroatoms. The van der Waals surface area contributed by atoms with Crippen molar-refractivity contribution >= 4 is 23.7 Å². The van der Waals surface area contributed by atoms with E-state index in [0.29, 0.717) is 36.5 Å². The molecule has 3 aromatic rings. The molecular weight excluding hydrogens is 520 g/mol. The predicted molar refractivity (Wildman–Crippen MR) is 155 cm³/mol. The molecule has 0 bridgehead atoms. The Morgan fingerprint density at radius 2 is 1.88 bits per heavy atom. The maximum atomic E-state index is 13.1. The fourth-order valence-corrected chi connectivity index (χ4v) is 5.29. The molecule has 1 aromatic heterocycles. The van der Waals surface area contributed by atoms with E-state index in [1.165, 1.54) is 11.8 Å². The number of nitrogens with zero attached hydrogens (tertiary/aromatic N) is 3. The molecular formula is C31H36N6O4. The molecule has 214 valence electrons. The van der Waals surface area contributed by atoms with Gasteiger partial charge >= 0.3 is 6.09 Å². The Hall–Kier alpha value is -4.47. The van der Waals surface area contributed by atoms with Crippen molar-refractivity contribution in [1.29, 1.82) is 0 Å². The van der Waals surface area contributed by atoms with Crippen molar-refractivity contribution in [3.63, 3.8) is 0 Å². The number of fused-ring (bicyclic) bond motifs is 1. The quantitative estimate of drug-likeness (QED) is 0.415. The number of hydrogen-bond donors (Lipinski definition) is 3. The molecule has 0 saturated carbocycles. The van der Waals surface area contributed by atoms with Crippen LogP contribution in [0.4, 0.5) is 10.6 Å². The third-order valence-electron chi connectivity index (χ3n) is 7.36. The van der Waals surface area contributed by atoms with Crippen LogP contribution < -0.4 is 16.4 Å². The van der Waals surface area contributed by atoms with Crippen molar-refractivity contribution in [2.75, 3.05) is 25.4 Å². The van der Waals surface area contributed by atoms with E-state index in [4.69, 9.17) is 10.5 Å². The van der Waals surface area contributed by atoms with Gasteiger partial charge in [-0.2, -0.15) is 0 Å². The van der Waals surface area contributed by atoms with E-state index in [0.717, 1.165) is 24.8 Å². The molecule has 10 nitrogen and oxygen atoms in total. The summed E-state index contributed by atoms with van der Waals surface area (Å²) in [5.74, 6) is -0.513. The van der Waals surface area contributed by atoms with Gasteiger partial charge in [0, 0.05) is 30.8 Å². The van der Waals surface area contributed by atoms with Crippen LogP contribution in [0.1, 0.15) is 71.6 Å². The maximum absolute atomic E-state index is 13.1. The van der Waals surface area contributed by atoms with Gasteiger partial charge in [-0.05, 0) is 69.2 Å². The first kappa shape index (κ1) is 28.1. The van der Waals surface area contributed by atoms with Crippen LogP contribution in [0.3, 0.4) is 0 Å². The van der Waals surface area contributed by atoms with Gasteiger partial charge in [0.1, 0.15) is 5.60 Å². The van der Waals surface area contributed by atoms with Crippen molar-refractivity contribution in [1.82, 2.24) is 25.5 Å². The zero-order chi connectivity index (χ0) is 29.1. The lowest BCUT2D eigenvalue weighted by Crippen LogP contribution is -2.36. The number of hydrogen-bond acceptors (Lipinski definition) is 7. The highest BCUT2D eigenvalue weighted by atomic mass is 16.6. The summed E-state index contributed by atoms with van der Waals surface area (Å²) in [4.78, 5) is 48.8. The summed E-state index contributed by atoms with van der Waals surface area (Å²) in [6.07, 6.45) is 3.70. The number of anilines is 1. The monoisotopic (exact) mass is 556 g/mol. The second-order valence-electron chi connectivity index (χ2n) is 11.6. The van der Waals surface area contributed by atoms with Crippen LogP contribution in [-0.4, -0.2) is 58.0 Å². The van der Waals surface area contributed by atoms with Gasteiger partial charge < -0.3 is 26.0 Å². The Kier molecular flexibility index (Phi) is 7.92. The van der Waals surface area contributed by atoms with Crippen LogP contribution in [0, 0.1) is 5.92 Å². The third-order valence-corrected chi connectivity index (χ3v) is 7.36. The van der Waals surface area contributed by atoms with Gasteiger partial charge in [0.25, 0.3) is 11.8 Å². The second-order valence-corrected chi connectivity index (χ2v) is 11.6. The zero-order valence-electron chi connectivity index (χ0n) is 23.6. The molecule has 2 heterocycles. The highest BCUT2D eigenvalue weighted by molar-refractivity contribution is 5.97. The number of nitrogens with two attached hydrogens (primary N) is 1. The van der Waals surface area contributed by atoms with Crippen LogP contribution >= 0.6 is 0 Å². The number of nitrogens with one attached hydrogen (secondary N) is 2. The van der Waals surface area contributed by atoms with E-state index >= 15 is 0 Å². The van der Waals surface area contributed by atoms with Crippen LogP contribution in [0.2, 0.25) is 0 Å². The highest BCUT2D eigenvalue weighted by Crippen LogP contribution is 2.31. The van der Waals surface area contributed by atoms with Gasteiger partial charge in [-0.25, -0.2) is 14.8 Å². The largest absolute Gasteiger partial charge is 0.444 e. The number of rotatable bonds is 6. The van der Waals surface area contributed by atoms with E-state index in [1.54, 1.807) is 23.1 Å². The average Bonchev–Trinajstić information content (AvgIpc) is 3.59. The number of aromatic nitrogens is 2. The number of amides is 3. The van der Waals surface area contributed by atoms with E-state index in [2.05, 4.69) is 32.7 Å². The van der Waals surface area contributed by atoms with Gasteiger partial charge in [0.15, 0.2) is 11.5 Å². The van der Waals surface area contributed by atoms with Gasteiger partial charge in [-0.15, -0.1) is 0 Å². The molecule has 5 rings (SSSR count). The van der Waals surface area contributed by atoms with Gasteiger partial charge in [0.05, 0.1) is 17.9 Å². The number of carbonyl (C=O) groups excluding carboxylic acids is 3. The zero-order valence-corrected chi connectivity index (χ0v) is 23.6. The number of carbonyl (C=O) groups is 3. The van der Waals surface area contributed by atoms with Gasteiger partial charge in [0.2, 0.25) is 0 Å². The molecule has 1 aliphatic carbocycles. The number of nitrogen functional groups attached to an aromatic ring is 1. The summed E-state index contributed by atoms with van der Waals surface area (Å²) in [6.45, 7) is 6.93. The molecule has 1 saturated heterocycles. The van der Waals surface area contributed by atoms with Crippen molar-refractivity contribution in [3.05, 3.63) is 77.1 Å². The van der Waals surface area contributed by atoms with Crippen molar-refractivity contribution in [2.24, 2.45) is 5.92 Å². The van der Waals surface area contributed by atoms with Crippen molar-refractivity contribution < 1.29 is 19.1 Å². The molecule has 4 N–H and O–H groups in total. The molecule has 2 aromatic carbocycles. The smallest absolute Gasteiger partial charge is 0.410 e. The summed E-state index contributed by atoms with van der Waals surface area (Å²) < 4.78 is 5.45. The fraction of sp³-hybridized carbons (Fsp3) is 0.387. The summed E-state index contributed by atoms with van der Waals surface area (Å²) in [5, 5.41) is 6.02. The van der Waals surface area contributed by atoms with Crippen LogP contribution in [0.15, 0.2) is 54.7 Å². The lowest BCUT2D eigenvalue weighted by Gasteiger charge is -2.24. The summed E-state index contributed by atoms with van der Waals surface area (Å²) >= 11 is 0. The van der Waals surface area contributed by atoms with Crippen molar-refractivity contribution in [2.45, 2.75) is 51.7 Å². The molecule has 1 aliphatic heterocycles. The third kappa shape index (κ3) is 6.65. The molecule has 2 atom stereocenters. The summed E-state index contributed by atoms with van der Waals surface area (Å²) in [5.41, 5.74) is 9.47. The normalized spacial score (nSPS) is 18.1. The fourth-order valence-electron chi connectivity index (χ4n) is 5.29. The molecule has 0 radical (unpaired) electrons. The molecule has 3 amide bonds. The SMILES string of the molecule is CC(C)(C)OC(=O)N1CC[C@@H](CNC(=O)c2nc(-c3cccc(C(=O)N[C@H]4CCc5ccccc54)c3)cnc2N)C1.